The summed E-state index contributed by atoms with van der Waals surface area (Å²) in [5.41, 5.74) is 1.15. The Morgan fingerprint density at radius 1 is 1.16 bits per heavy atom. The second-order valence-corrected chi connectivity index (χ2v) is 9.06. The standard InChI is InChI=1S/C25H42N4O2.HI/c1-4-26-25(27-18-24(20(2)3)28-21-10-6-5-7-11-21)29-15-13-22(14-16-29)31-19-23-12-8-9-17-30-23;/h5-7,10-11,20,22-24,28H,4,8-9,12-19H2,1-3H3,(H,26,27);1H. The number of hydrogen-bond donors (Lipinski definition) is 2. The molecule has 3 rings (SSSR count). The molecule has 0 aliphatic carbocycles. The summed E-state index contributed by atoms with van der Waals surface area (Å²) in [6.07, 6.45) is 6.35. The summed E-state index contributed by atoms with van der Waals surface area (Å²) in [5, 5.41) is 7.14. The molecule has 2 atom stereocenters. The van der Waals surface area contributed by atoms with Gasteiger partial charge >= 0.3 is 0 Å². The first-order valence-electron chi connectivity index (χ1n) is 12.2. The fraction of sp³-hybridized carbons (Fsp3) is 0.720. The molecule has 0 spiro atoms. The van der Waals surface area contributed by atoms with Crippen LogP contribution in [0.25, 0.3) is 0 Å². The van der Waals surface area contributed by atoms with Gasteiger partial charge in [-0.3, -0.25) is 4.99 Å². The van der Waals surface area contributed by atoms with E-state index in [2.05, 4.69) is 60.6 Å². The Morgan fingerprint density at radius 2 is 1.91 bits per heavy atom. The van der Waals surface area contributed by atoms with Crippen LogP contribution in [0.2, 0.25) is 0 Å². The van der Waals surface area contributed by atoms with E-state index in [1.165, 1.54) is 12.8 Å². The van der Waals surface area contributed by atoms with Crippen LogP contribution in [-0.4, -0.2) is 68.5 Å². The Morgan fingerprint density at radius 3 is 2.53 bits per heavy atom. The third-order valence-corrected chi connectivity index (χ3v) is 6.24. The van der Waals surface area contributed by atoms with E-state index < -0.39 is 0 Å². The van der Waals surface area contributed by atoms with E-state index in [-0.39, 0.29) is 24.0 Å². The second kappa shape index (κ2) is 15.0. The first kappa shape index (κ1) is 27.2. The molecule has 2 unspecified atom stereocenters. The van der Waals surface area contributed by atoms with Crippen LogP contribution in [0, 0.1) is 5.92 Å². The summed E-state index contributed by atoms with van der Waals surface area (Å²) in [6.45, 7) is 11.9. The molecule has 2 fully saturated rings. The minimum absolute atomic E-state index is 0. The smallest absolute Gasteiger partial charge is 0.193 e. The molecule has 2 N–H and O–H groups in total. The monoisotopic (exact) mass is 558 g/mol. The lowest BCUT2D eigenvalue weighted by Gasteiger charge is -2.35. The van der Waals surface area contributed by atoms with Gasteiger partial charge in [0.15, 0.2) is 5.96 Å². The van der Waals surface area contributed by atoms with Gasteiger partial charge in [0, 0.05) is 38.0 Å². The highest BCUT2D eigenvalue weighted by Crippen LogP contribution is 2.18. The number of benzene rings is 1. The highest BCUT2D eigenvalue weighted by atomic mass is 127. The van der Waals surface area contributed by atoms with Crippen LogP contribution < -0.4 is 10.6 Å². The van der Waals surface area contributed by atoms with Crippen LogP contribution in [0.1, 0.15) is 52.9 Å². The zero-order valence-electron chi connectivity index (χ0n) is 20.1. The predicted octanol–water partition coefficient (Wildman–Crippen LogP) is 4.76. The molecular weight excluding hydrogens is 515 g/mol. The number of aliphatic imine (C=N–C) groups is 1. The zero-order valence-corrected chi connectivity index (χ0v) is 22.4. The van der Waals surface area contributed by atoms with Gasteiger partial charge in [-0.2, -0.15) is 0 Å². The van der Waals surface area contributed by atoms with Crippen molar-refractivity contribution in [3.63, 3.8) is 0 Å². The summed E-state index contributed by atoms with van der Waals surface area (Å²) in [4.78, 5) is 7.40. The molecule has 2 aliphatic rings. The Labute approximate surface area is 211 Å². The number of halogens is 1. The number of anilines is 1. The molecular formula is C25H43IN4O2. The minimum atomic E-state index is 0. The van der Waals surface area contributed by atoms with Gasteiger partial charge in [0.1, 0.15) is 0 Å². The van der Waals surface area contributed by atoms with Crippen LogP contribution in [0.3, 0.4) is 0 Å². The van der Waals surface area contributed by atoms with Gasteiger partial charge in [0.2, 0.25) is 0 Å². The first-order chi connectivity index (χ1) is 15.2. The van der Waals surface area contributed by atoms with E-state index >= 15 is 0 Å². The number of hydrogen-bond acceptors (Lipinski definition) is 4. The maximum atomic E-state index is 6.18. The molecule has 32 heavy (non-hydrogen) atoms. The summed E-state index contributed by atoms with van der Waals surface area (Å²) < 4.78 is 12.0. The number of nitrogens with zero attached hydrogens (tertiary/aromatic N) is 2. The largest absolute Gasteiger partial charge is 0.380 e. The average molecular weight is 559 g/mol. The van der Waals surface area contributed by atoms with Crippen molar-refractivity contribution in [2.75, 3.05) is 44.7 Å². The quantitative estimate of drug-likeness (QED) is 0.260. The van der Waals surface area contributed by atoms with Gasteiger partial charge in [0.05, 0.1) is 25.4 Å². The SMILES string of the molecule is CCNC(=NCC(Nc1ccccc1)C(C)C)N1CCC(OCC2CCCCO2)CC1.I. The first-order valence-corrected chi connectivity index (χ1v) is 12.2. The fourth-order valence-electron chi connectivity index (χ4n) is 4.20. The molecule has 2 saturated heterocycles. The van der Waals surface area contributed by atoms with Crippen molar-refractivity contribution in [1.82, 2.24) is 10.2 Å². The lowest BCUT2D eigenvalue weighted by molar-refractivity contribution is -0.0721. The van der Waals surface area contributed by atoms with Gasteiger partial charge in [-0.05, 0) is 57.1 Å². The Hall–Kier alpha value is -1.06. The van der Waals surface area contributed by atoms with Crippen LogP contribution in [-0.2, 0) is 9.47 Å². The number of piperidine rings is 1. The molecule has 6 nitrogen and oxygen atoms in total. The Bertz CT molecular complexity index is 645. The van der Waals surface area contributed by atoms with Crippen LogP contribution in [0.15, 0.2) is 35.3 Å². The van der Waals surface area contributed by atoms with E-state index in [0.717, 1.165) is 70.3 Å². The number of para-hydroxylation sites is 1. The van der Waals surface area contributed by atoms with Crippen LogP contribution in [0.5, 0.6) is 0 Å². The van der Waals surface area contributed by atoms with Crippen molar-refractivity contribution in [1.29, 1.82) is 0 Å². The van der Waals surface area contributed by atoms with E-state index in [1.807, 2.05) is 6.07 Å². The molecule has 0 radical (unpaired) electrons. The normalized spacial score (nSPS) is 21.2. The molecule has 0 amide bonds. The Balaban J connectivity index is 0.00000363. The number of guanidine groups is 1. The van der Waals surface area contributed by atoms with Crippen LogP contribution in [0.4, 0.5) is 5.69 Å². The van der Waals surface area contributed by atoms with Gasteiger partial charge in [0.25, 0.3) is 0 Å². The summed E-state index contributed by atoms with van der Waals surface area (Å²) in [7, 11) is 0. The molecule has 0 bridgehead atoms. The molecule has 2 aliphatic heterocycles. The van der Waals surface area contributed by atoms with E-state index in [0.29, 0.717) is 24.2 Å². The fourth-order valence-corrected chi connectivity index (χ4v) is 4.20. The number of ether oxygens (including phenoxy) is 2. The molecule has 7 heteroatoms. The van der Waals surface area contributed by atoms with Crippen molar-refractivity contribution >= 4 is 35.6 Å². The molecule has 0 aromatic heterocycles. The summed E-state index contributed by atoms with van der Waals surface area (Å²) in [6, 6.07) is 10.7. The van der Waals surface area contributed by atoms with E-state index in [1.54, 1.807) is 0 Å². The number of likely N-dealkylation sites (tertiary alicyclic amines) is 1. The second-order valence-electron chi connectivity index (χ2n) is 9.06. The topological polar surface area (TPSA) is 58.1 Å². The average Bonchev–Trinajstić information content (AvgIpc) is 2.81. The molecule has 182 valence electrons. The van der Waals surface area contributed by atoms with E-state index in [4.69, 9.17) is 14.5 Å². The van der Waals surface area contributed by atoms with Crippen molar-refractivity contribution in [2.24, 2.45) is 10.9 Å². The molecule has 2 heterocycles. The molecule has 1 aromatic rings. The van der Waals surface area contributed by atoms with Crippen LogP contribution >= 0.6 is 24.0 Å². The van der Waals surface area contributed by atoms with Crippen molar-refractivity contribution in [2.45, 2.75) is 71.1 Å². The van der Waals surface area contributed by atoms with Crippen molar-refractivity contribution in [3.05, 3.63) is 30.3 Å². The highest BCUT2D eigenvalue weighted by Gasteiger charge is 2.24. The van der Waals surface area contributed by atoms with Gasteiger partial charge in [-0.15, -0.1) is 24.0 Å². The van der Waals surface area contributed by atoms with E-state index in [9.17, 15) is 0 Å². The number of rotatable bonds is 9. The molecule has 0 saturated carbocycles. The predicted molar refractivity (Wildman–Crippen MR) is 144 cm³/mol. The lowest BCUT2D eigenvalue weighted by atomic mass is 10.0. The Kier molecular flexibility index (Phi) is 12.7. The lowest BCUT2D eigenvalue weighted by Crippen LogP contribution is -2.47. The number of nitrogens with one attached hydrogen (secondary N) is 2. The van der Waals surface area contributed by atoms with Gasteiger partial charge in [-0.25, -0.2) is 0 Å². The van der Waals surface area contributed by atoms with Crippen molar-refractivity contribution in [3.8, 4) is 0 Å². The maximum Gasteiger partial charge on any atom is 0.193 e. The summed E-state index contributed by atoms with van der Waals surface area (Å²) >= 11 is 0. The van der Waals surface area contributed by atoms with Gasteiger partial charge in [-0.1, -0.05) is 32.0 Å². The maximum absolute atomic E-state index is 6.18. The molecule has 1 aromatic carbocycles. The highest BCUT2D eigenvalue weighted by molar-refractivity contribution is 14.0. The minimum Gasteiger partial charge on any atom is -0.380 e. The third kappa shape index (κ3) is 9.06. The van der Waals surface area contributed by atoms with Crippen molar-refractivity contribution < 1.29 is 9.47 Å². The third-order valence-electron chi connectivity index (χ3n) is 6.24. The summed E-state index contributed by atoms with van der Waals surface area (Å²) in [5.74, 6) is 1.52. The van der Waals surface area contributed by atoms with Gasteiger partial charge < -0.3 is 25.0 Å². The zero-order chi connectivity index (χ0) is 21.9.